The molecule has 76 valence electrons. The maximum Gasteiger partial charge on any atom is 0.0891 e. The molecule has 0 bridgehead atoms. The van der Waals surface area contributed by atoms with E-state index in [1.165, 1.54) is 5.56 Å². The highest BCUT2D eigenvalue weighted by Crippen LogP contribution is 2.13. The summed E-state index contributed by atoms with van der Waals surface area (Å²) in [6, 6.07) is 7.86. The molecule has 0 spiro atoms. The molecule has 0 aliphatic carbocycles. The highest BCUT2D eigenvalue weighted by molar-refractivity contribution is 6.30. The molecular formula is C12H15ClO. The molecule has 0 amide bonds. The van der Waals surface area contributed by atoms with Crippen molar-refractivity contribution in [2.24, 2.45) is 0 Å². The first kappa shape index (κ1) is 11.1. The van der Waals surface area contributed by atoms with Crippen LogP contribution in [0.1, 0.15) is 18.9 Å². The van der Waals surface area contributed by atoms with Crippen molar-refractivity contribution >= 4 is 11.6 Å². The highest BCUT2D eigenvalue weighted by Gasteiger charge is 1.96. The van der Waals surface area contributed by atoms with Crippen LogP contribution in [0.4, 0.5) is 0 Å². The number of halogens is 1. The fourth-order valence-corrected chi connectivity index (χ4v) is 1.34. The van der Waals surface area contributed by atoms with Crippen molar-refractivity contribution in [1.29, 1.82) is 0 Å². The van der Waals surface area contributed by atoms with Gasteiger partial charge in [0.05, 0.1) is 12.4 Å². The fraction of sp³-hybridized carbons (Fsp3) is 0.333. The molecule has 2 heteroatoms. The van der Waals surface area contributed by atoms with E-state index < -0.39 is 0 Å². The Morgan fingerprint density at radius 2 is 2.00 bits per heavy atom. The van der Waals surface area contributed by atoms with Crippen molar-refractivity contribution in [2.75, 3.05) is 6.61 Å². The van der Waals surface area contributed by atoms with Crippen LogP contribution < -0.4 is 0 Å². The molecule has 14 heavy (non-hydrogen) atoms. The Balaban J connectivity index is 2.38. The highest BCUT2D eigenvalue weighted by atomic mass is 35.5. The van der Waals surface area contributed by atoms with E-state index in [9.17, 15) is 0 Å². The minimum atomic E-state index is 0.694. The van der Waals surface area contributed by atoms with Crippen molar-refractivity contribution in [2.45, 2.75) is 19.8 Å². The van der Waals surface area contributed by atoms with Gasteiger partial charge in [0.15, 0.2) is 0 Å². The third kappa shape index (κ3) is 3.84. The zero-order valence-corrected chi connectivity index (χ0v) is 9.18. The van der Waals surface area contributed by atoms with Gasteiger partial charge in [-0.05, 0) is 31.0 Å². The van der Waals surface area contributed by atoms with Gasteiger partial charge in [-0.2, -0.15) is 0 Å². The molecule has 1 rings (SSSR count). The number of benzene rings is 1. The van der Waals surface area contributed by atoms with Crippen molar-refractivity contribution < 1.29 is 4.74 Å². The summed E-state index contributed by atoms with van der Waals surface area (Å²) in [5.74, 6) is 0.849. The maximum atomic E-state index is 5.78. The minimum absolute atomic E-state index is 0.694. The number of ether oxygens (including phenoxy) is 1. The van der Waals surface area contributed by atoms with E-state index in [2.05, 4.69) is 6.58 Å². The average Bonchev–Trinajstić information content (AvgIpc) is 2.17. The normalized spacial score (nSPS) is 9.86. The Hall–Kier alpha value is -0.950. The largest absolute Gasteiger partial charge is 0.499 e. The molecule has 0 saturated heterocycles. The molecule has 1 aromatic rings. The molecule has 0 atom stereocenters. The van der Waals surface area contributed by atoms with Gasteiger partial charge in [-0.15, -0.1) is 0 Å². The number of rotatable bonds is 5. The SMILES string of the molecule is C=C(CCc1ccc(Cl)cc1)OCC. The molecule has 0 heterocycles. The summed E-state index contributed by atoms with van der Waals surface area (Å²) in [5.41, 5.74) is 1.26. The predicted octanol–water partition coefficient (Wildman–Crippen LogP) is 3.82. The number of hydrogen-bond donors (Lipinski definition) is 0. The van der Waals surface area contributed by atoms with Crippen LogP contribution in [0.3, 0.4) is 0 Å². The second-order valence-electron chi connectivity index (χ2n) is 3.10. The molecule has 0 aliphatic rings. The Morgan fingerprint density at radius 3 is 2.57 bits per heavy atom. The second-order valence-corrected chi connectivity index (χ2v) is 3.53. The fourth-order valence-electron chi connectivity index (χ4n) is 1.21. The quantitative estimate of drug-likeness (QED) is 0.672. The van der Waals surface area contributed by atoms with E-state index in [0.717, 1.165) is 23.6 Å². The van der Waals surface area contributed by atoms with Crippen LogP contribution in [0.15, 0.2) is 36.6 Å². The zero-order chi connectivity index (χ0) is 10.4. The van der Waals surface area contributed by atoms with Crippen molar-refractivity contribution in [3.05, 3.63) is 47.2 Å². The monoisotopic (exact) mass is 210 g/mol. The van der Waals surface area contributed by atoms with Crippen LogP contribution in [0.2, 0.25) is 5.02 Å². The average molecular weight is 211 g/mol. The van der Waals surface area contributed by atoms with Gasteiger partial charge in [0, 0.05) is 11.4 Å². The summed E-state index contributed by atoms with van der Waals surface area (Å²) in [6.45, 7) is 6.49. The lowest BCUT2D eigenvalue weighted by molar-refractivity contribution is 0.220. The lowest BCUT2D eigenvalue weighted by Crippen LogP contribution is -1.93. The third-order valence-electron chi connectivity index (χ3n) is 1.95. The number of hydrogen-bond acceptors (Lipinski definition) is 1. The van der Waals surface area contributed by atoms with E-state index >= 15 is 0 Å². The Labute approximate surface area is 90.3 Å². The maximum absolute atomic E-state index is 5.78. The third-order valence-corrected chi connectivity index (χ3v) is 2.21. The molecule has 0 saturated carbocycles. The molecule has 0 aromatic heterocycles. The van der Waals surface area contributed by atoms with E-state index in [1.54, 1.807) is 0 Å². The summed E-state index contributed by atoms with van der Waals surface area (Å²) in [5, 5.41) is 0.775. The van der Waals surface area contributed by atoms with Crippen LogP contribution in [0.25, 0.3) is 0 Å². The van der Waals surface area contributed by atoms with Gasteiger partial charge in [-0.25, -0.2) is 0 Å². The van der Waals surface area contributed by atoms with Crippen molar-refractivity contribution in [3.8, 4) is 0 Å². The van der Waals surface area contributed by atoms with Crippen LogP contribution in [-0.2, 0) is 11.2 Å². The summed E-state index contributed by atoms with van der Waals surface area (Å²) >= 11 is 5.78. The van der Waals surface area contributed by atoms with Crippen LogP contribution >= 0.6 is 11.6 Å². The molecule has 1 nitrogen and oxygen atoms in total. The number of allylic oxidation sites excluding steroid dienone is 1. The van der Waals surface area contributed by atoms with Gasteiger partial charge >= 0.3 is 0 Å². The van der Waals surface area contributed by atoms with Crippen LogP contribution in [-0.4, -0.2) is 6.61 Å². The van der Waals surface area contributed by atoms with Gasteiger partial charge in [0.25, 0.3) is 0 Å². The zero-order valence-electron chi connectivity index (χ0n) is 8.42. The topological polar surface area (TPSA) is 9.23 Å². The molecule has 0 N–H and O–H groups in total. The van der Waals surface area contributed by atoms with Gasteiger partial charge in [0.2, 0.25) is 0 Å². The predicted molar refractivity (Wildman–Crippen MR) is 60.5 cm³/mol. The van der Waals surface area contributed by atoms with Crippen LogP contribution in [0.5, 0.6) is 0 Å². The van der Waals surface area contributed by atoms with Crippen LogP contribution in [0, 0.1) is 0 Å². The first-order chi connectivity index (χ1) is 6.72. The first-order valence-electron chi connectivity index (χ1n) is 4.77. The van der Waals surface area contributed by atoms with Crippen molar-refractivity contribution in [1.82, 2.24) is 0 Å². The molecule has 0 fully saturated rings. The first-order valence-corrected chi connectivity index (χ1v) is 5.15. The van der Waals surface area contributed by atoms with Gasteiger partial charge in [0.1, 0.15) is 0 Å². The standard InChI is InChI=1S/C12H15ClO/c1-3-14-10(2)4-5-11-6-8-12(13)9-7-11/h6-9H,2-5H2,1H3. The molecule has 0 aliphatic heterocycles. The van der Waals surface area contributed by atoms with Gasteiger partial charge in [-0.3, -0.25) is 0 Å². The van der Waals surface area contributed by atoms with E-state index in [0.29, 0.717) is 6.61 Å². The lowest BCUT2D eigenvalue weighted by atomic mass is 10.1. The summed E-state index contributed by atoms with van der Waals surface area (Å²) < 4.78 is 5.27. The summed E-state index contributed by atoms with van der Waals surface area (Å²) in [7, 11) is 0. The van der Waals surface area contributed by atoms with Gasteiger partial charge in [-0.1, -0.05) is 30.3 Å². The molecule has 0 radical (unpaired) electrons. The number of aryl methyl sites for hydroxylation is 1. The molecule has 0 unspecified atom stereocenters. The Morgan fingerprint density at radius 1 is 1.36 bits per heavy atom. The second kappa shape index (κ2) is 5.71. The van der Waals surface area contributed by atoms with E-state index in [4.69, 9.17) is 16.3 Å². The molecular weight excluding hydrogens is 196 g/mol. The Bertz CT molecular complexity index is 290. The van der Waals surface area contributed by atoms with E-state index in [-0.39, 0.29) is 0 Å². The summed E-state index contributed by atoms with van der Waals surface area (Å²) in [4.78, 5) is 0. The lowest BCUT2D eigenvalue weighted by Gasteiger charge is -2.06. The smallest absolute Gasteiger partial charge is 0.0891 e. The Kier molecular flexibility index (Phi) is 4.54. The van der Waals surface area contributed by atoms with E-state index in [1.807, 2.05) is 31.2 Å². The molecule has 1 aromatic carbocycles. The van der Waals surface area contributed by atoms with Gasteiger partial charge < -0.3 is 4.74 Å². The van der Waals surface area contributed by atoms with Crippen molar-refractivity contribution in [3.63, 3.8) is 0 Å². The summed E-state index contributed by atoms with van der Waals surface area (Å²) in [6.07, 6.45) is 1.82. The minimum Gasteiger partial charge on any atom is -0.499 e.